The molecule has 2 aliphatic heterocycles. The normalized spacial score (nSPS) is 24.0. The molecule has 1 amide bonds. The maximum Gasteiger partial charge on any atom is 0.224 e. The molecule has 2 saturated heterocycles. The van der Waals surface area contributed by atoms with Crippen LogP contribution in [0.5, 0.6) is 0 Å². The minimum Gasteiger partial charge on any atom is -0.352 e. The molecule has 1 atom stereocenters. The van der Waals surface area contributed by atoms with Crippen LogP contribution >= 0.6 is 0 Å². The van der Waals surface area contributed by atoms with Crippen LogP contribution in [-0.2, 0) is 11.3 Å². The minimum atomic E-state index is 0.140. The quantitative estimate of drug-likeness (QED) is 0.915. The fourth-order valence-electron chi connectivity index (χ4n) is 3.96. The molecule has 132 valence electrons. The van der Waals surface area contributed by atoms with Gasteiger partial charge in [0.1, 0.15) is 0 Å². The van der Waals surface area contributed by atoms with Crippen molar-refractivity contribution < 1.29 is 4.79 Å². The maximum absolute atomic E-state index is 12.6. The Morgan fingerprint density at radius 3 is 2.83 bits per heavy atom. The smallest absolute Gasteiger partial charge is 0.224 e. The van der Waals surface area contributed by atoms with Gasteiger partial charge in [-0.2, -0.15) is 0 Å². The van der Waals surface area contributed by atoms with E-state index in [2.05, 4.69) is 27.1 Å². The predicted molar refractivity (Wildman–Crippen MR) is 95.6 cm³/mol. The van der Waals surface area contributed by atoms with Crippen LogP contribution in [0.1, 0.15) is 36.9 Å². The number of hydrogen-bond donors (Lipinski definition) is 1. The molecule has 0 aliphatic carbocycles. The van der Waals surface area contributed by atoms with Crippen molar-refractivity contribution in [1.82, 2.24) is 20.1 Å². The third kappa shape index (κ3) is 4.54. The Morgan fingerprint density at radius 2 is 2.08 bits per heavy atom. The Balaban J connectivity index is 1.49. The molecule has 0 radical (unpaired) electrons. The number of carbonyl (C=O) groups is 1. The van der Waals surface area contributed by atoms with E-state index in [-0.39, 0.29) is 11.8 Å². The van der Waals surface area contributed by atoms with E-state index >= 15 is 0 Å². The summed E-state index contributed by atoms with van der Waals surface area (Å²) in [6, 6.07) is 4.67. The predicted octanol–water partition coefficient (Wildman–Crippen LogP) is 1.81. The van der Waals surface area contributed by atoms with Gasteiger partial charge in [0.05, 0.1) is 5.92 Å². The van der Waals surface area contributed by atoms with Crippen LogP contribution in [0.4, 0.5) is 0 Å². The first kappa shape index (κ1) is 17.4. The largest absolute Gasteiger partial charge is 0.352 e. The summed E-state index contributed by atoms with van der Waals surface area (Å²) in [5, 5.41) is 3.12. The lowest BCUT2D eigenvalue weighted by molar-refractivity contribution is -0.127. The van der Waals surface area contributed by atoms with Crippen molar-refractivity contribution in [2.75, 3.05) is 33.2 Å². The fraction of sp³-hybridized carbons (Fsp3) is 0.684. The topological polar surface area (TPSA) is 48.5 Å². The molecule has 5 nitrogen and oxygen atoms in total. The summed E-state index contributed by atoms with van der Waals surface area (Å²) in [5.74, 6) is 0.350. The summed E-state index contributed by atoms with van der Waals surface area (Å²) in [4.78, 5) is 21.7. The molecule has 0 unspecified atom stereocenters. The van der Waals surface area contributed by atoms with Crippen molar-refractivity contribution in [1.29, 1.82) is 0 Å². The highest BCUT2D eigenvalue weighted by atomic mass is 16.1. The first-order chi connectivity index (χ1) is 11.6. The molecule has 1 aromatic rings. The molecule has 0 aromatic carbocycles. The van der Waals surface area contributed by atoms with E-state index in [9.17, 15) is 4.79 Å². The summed E-state index contributed by atoms with van der Waals surface area (Å²) >= 11 is 0. The highest BCUT2D eigenvalue weighted by molar-refractivity contribution is 5.78. The van der Waals surface area contributed by atoms with Gasteiger partial charge in [0.2, 0.25) is 5.91 Å². The molecule has 3 heterocycles. The number of hydrogen-bond acceptors (Lipinski definition) is 4. The van der Waals surface area contributed by atoms with Gasteiger partial charge in [0, 0.05) is 31.0 Å². The molecular weight excluding hydrogens is 300 g/mol. The summed E-state index contributed by atoms with van der Waals surface area (Å²) < 4.78 is 0. The van der Waals surface area contributed by atoms with Crippen molar-refractivity contribution >= 4 is 5.91 Å². The Hall–Kier alpha value is -1.46. The van der Waals surface area contributed by atoms with Gasteiger partial charge in [-0.25, -0.2) is 0 Å². The van der Waals surface area contributed by atoms with E-state index in [0.717, 1.165) is 37.2 Å². The van der Waals surface area contributed by atoms with E-state index in [0.29, 0.717) is 12.6 Å². The zero-order valence-electron chi connectivity index (χ0n) is 15.0. The van der Waals surface area contributed by atoms with Crippen LogP contribution < -0.4 is 5.32 Å². The minimum absolute atomic E-state index is 0.140. The van der Waals surface area contributed by atoms with E-state index in [1.807, 2.05) is 19.1 Å². The van der Waals surface area contributed by atoms with Gasteiger partial charge in [-0.3, -0.25) is 14.7 Å². The van der Waals surface area contributed by atoms with E-state index in [4.69, 9.17) is 0 Å². The van der Waals surface area contributed by atoms with Crippen molar-refractivity contribution in [2.45, 2.75) is 45.2 Å². The lowest BCUT2D eigenvalue weighted by Crippen LogP contribution is -2.50. The molecule has 2 aliphatic rings. The second-order valence-corrected chi connectivity index (χ2v) is 7.39. The summed E-state index contributed by atoms with van der Waals surface area (Å²) in [5.41, 5.74) is 2.12. The number of amides is 1. The number of aryl methyl sites for hydroxylation is 1. The van der Waals surface area contributed by atoms with Crippen molar-refractivity contribution in [3.8, 4) is 0 Å². The third-order valence-corrected chi connectivity index (χ3v) is 5.46. The molecular formula is C19H30N4O. The van der Waals surface area contributed by atoms with Gasteiger partial charge in [-0.05, 0) is 77.0 Å². The molecule has 0 bridgehead atoms. The van der Waals surface area contributed by atoms with Gasteiger partial charge in [-0.1, -0.05) is 0 Å². The van der Waals surface area contributed by atoms with Crippen LogP contribution in [0, 0.1) is 12.8 Å². The maximum atomic E-state index is 12.6. The first-order valence-corrected chi connectivity index (χ1v) is 9.23. The van der Waals surface area contributed by atoms with E-state index in [1.54, 1.807) is 6.20 Å². The SMILES string of the molecule is Cc1cc(CNC(=O)[C@H]2CCCN(C3CCN(C)CC3)C2)ccn1. The third-order valence-electron chi connectivity index (χ3n) is 5.46. The van der Waals surface area contributed by atoms with Crippen molar-refractivity contribution in [3.05, 3.63) is 29.6 Å². The fourth-order valence-corrected chi connectivity index (χ4v) is 3.96. The van der Waals surface area contributed by atoms with Crippen molar-refractivity contribution in [2.24, 2.45) is 5.92 Å². The van der Waals surface area contributed by atoms with Crippen LogP contribution in [0.3, 0.4) is 0 Å². The Kier molecular flexibility index (Phi) is 5.85. The molecule has 0 saturated carbocycles. The number of likely N-dealkylation sites (tertiary alicyclic amines) is 2. The number of rotatable bonds is 4. The number of nitrogens with zero attached hydrogens (tertiary/aromatic N) is 3. The number of aromatic nitrogens is 1. The molecule has 24 heavy (non-hydrogen) atoms. The number of piperidine rings is 2. The van der Waals surface area contributed by atoms with Gasteiger partial charge >= 0.3 is 0 Å². The molecule has 3 rings (SSSR count). The molecule has 2 fully saturated rings. The Labute approximate surface area is 145 Å². The second-order valence-electron chi connectivity index (χ2n) is 7.39. The average Bonchev–Trinajstić information content (AvgIpc) is 2.60. The van der Waals surface area contributed by atoms with Crippen LogP contribution in [-0.4, -0.2) is 60.0 Å². The molecule has 1 aromatic heterocycles. The number of nitrogens with one attached hydrogen (secondary N) is 1. The van der Waals surface area contributed by atoms with E-state index < -0.39 is 0 Å². The highest BCUT2D eigenvalue weighted by Gasteiger charge is 2.30. The standard InChI is InChI=1S/C19H30N4O/c1-15-12-16(5-8-20-15)13-21-19(24)17-4-3-9-23(14-17)18-6-10-22(2)11-7-18/h5,8,12,17-18H,3-4,6-7,9-11,13-14H2,1-2H3,(H,21,24)/t17-/m0/s1. The van der Waals surface area contributed by atoms with E-state index in [1.165, 1.54) is 25.9 Å². The van der Waals surface area contributed by atoms with Crippen LogP contribution in [0.15, 0.2) is 18.3 Å². The summed E-state index contributed by atoms with van der Waals surface area (Å²) in [7, 11) is 2.20. The van der Waals surface area contributed by atoms with Gasteiger partial charge < -0.3 is 10.2 Å². The molecule has 1 N–H and O–H groups in total. The van der Waals surface area contributed by atoms with Gasteiger partial charge in [0.15, 0.2) is 0 Å². The summed E-state index contributed by atoms with van der Waals surface area (Å²) in [6.07, 6.45) is 6.44. The highest BCUT2D eigenvalue weighted by Crippen LogP contribution is 2.23. The Morgan fingerprint density at radius 1 is 1.29 bits per heavy atom. The summed E-state index contributed by atoms with van der Waals surface area (Å²) in [6.45, 7) is 7.02. The molecule has 5 heteroatoms. The monoisotopic (exact) mass is 330 g/mol. The first-order valence-electron chi connectivity index (χ1n) is 9.23. The number of carbonyl (C=O) groups excluding carboxylic acids is 1. The van der Waals surface area contributed by atoms with Crippen molar-refractivity contribution in [3.63, 3.8) is 0 Å². The zero-order valence-corrected chi connectivity index (χ0v) is 15.0. The Bertz CT molecular complexity index is 554. The lowest BCUT2D eigenvalue weighted by Gasteiger charge is -2.41. The van der Waals surface area contributed by atoms with Crippen LogP contribution in [0.25, 0.3) is 0 Å². The molecule has 0 spiro atoms. The number of pyridine rings is 1. The second kappa shape index (κ2) is 8.08. The van der Waals surface area contributed by atoms with Crippen LogP contribution in [0.2, 0.25) is 0 Å². The average molecular weight is 330 g/mol. The zero-order chi connectivity index (χ0) is 16.9. The van der Waals surface area contributed by atoms with Gasteiger partial charge in [-0.15, -0.1) is 0 Å². The lowest BCUT2D eigenvalue weighted by atomic mass is 9.93. The van der Waals surface area contributed by atoms with Gasteiger partial charge in [0.25, 0.3) is 0 Å².